The lowest BCUT2D eigenvalue weighted by Crippen LogP contribution is -2.43. The molecule has 0 fully saturated rings. The Kier molecular flexibility index (Phi) is 5.24. The van der Waals surface area contributed by atoms with Gasteiger partial charge in [0.05, 0.1) is 6.54 Å². The molecule has 0 aliphatic rings. The standard InChI is InChI=1S/C12H16BrIN2O/c1-12(2,3)16-11(17)7-15-8-4-5-10(14)9(13)6-8/h4-6,15H,7H2,1-3H3,(H,16,17). The van der Waals surface area contributed by atoms with Crippen LogP contribution in [0, 0.1) is 3.57 Å². The third kappa shape index (κ3) is 5.72. The molecule has 0 aliphatic carbocycles. The van der Waals surface area contributed by atoms with Crippen LogP contribution in [0.5, 0.6) is 0 Å². The molecule has 0 saturated heterocycles. The van der Waals surface area contributed by atoms with Gasteiger partial charge in [0.15, 0.2) is 0 Å². The Morgan fingerprint density at radius 1 is 1.41 bits per heavy atom. The predicted octanol–water partition coefficient (Wildman–Crippen LogP) is 3.38. The predicted molar refractivity (Wildman–Crippen MR) is 83.2 cm³/mol. The van der Waals surface area contributed by atoms with E-state index in [1.165, 1.54) is 0 Å². The highest BCUT2D eigenvalue weighted by atomic mass is 127. The zero-order valence-electron chi connectivity index (χ0n) is 10.1. The number of carbonyl (C=O) groups excluding carboxylic acids is 1. The van der Waals surface area contributed by atoms with Crippen LogP contribution in [0.3, 0.4) is 0 Å². The van der Waals surface area contributed by atoms with Crippen LogP contribution in [-0.4, -0.2) is 18.0 Å². The van der Waals surface area contributed by atoms with E-state index in [4.69, 9.17) is 0 Å². The van der Waals surface area contributed by atoms with Crippen LogP contribution in [-0.2, 0) is 4.79 Å². The van der Waals surface area contributed by atoms with Crippen LogP contribution in [0.1, 0.15) is 20.8 Å². The van der Waals surface area contributed by atoms with Crippen molar-refractivity contribution in [3.63, 3.8) is 0 Å². The van der Waals surface area contributed by atoms with E-state index in [-0.39, 0.29) is 18.0 Å². The third-order valence-electron chi connectivity index (χ3n) is 1.89. The molecule has 0 saturated carbocycles. The summed E-state index contributed by atoms with van der Waals surface area (Å²) in [4.78, 5) is 11.6. The average Bonchev–Trinajstić information content (AvgIpc) is 2.17. The number of halogens is 2. The Labute approximate surface area is 124 Å². The number of benzene rings is 1. The summed E-state index contributed by atoms with van der Waals surface area (Å²) < 4.78 is 2.17. The van der Waals surface area contributed by atoms with E-state index in [1.54, 1.807) is 0 Å². The van der Waals surface area contributed by atoms with Gasteiger partial charge in [-0.05, 0) is 77.5 Å². The van der Waals surface area contributed by atoms with Gasteiger partial charge in [-0.2, -0.15) is 0 Å². The van der Waals surface area contributed by atoms with Crippen LogP contribution in [0.25, 0.3) is 0 Å². The highest BCUT2D eigenvalue weighted by Gasteiger charge is 2.13. The number of hydrogen-bond acceptors (Lipinski definition) is 2. The van der Waals surface area contributed by atoms with E-state index in [2.05, 4.69) is 49.2 Å². The van der Waals surface area contributed by atoms with Crippen LogP contribution < -0.4 is 10.6 Å². The third-order valence-corrected chi connectivity index (χ3v) is 4.23. The van der Waals surface area contributed by atoms with Crippen molar-refractivity contribution in [3.8, 4) is 0 Å². The second kappa shape index (κ2) is 6.04. The molecule has 1 amide bonds. The SMILES string of the molecule is CC(C)(C)NC(=O)CNc1ccc(I)c(Br)c1. The monoisotopic (exact) mass is 410 g/mol. The number of rotatable bonds is 3. The van der Waals surface area contributed by atoms with Crippen LogP contribution >= 0.6 is 38.5 Å². The highest BCUT2D eigenvalue weighted by Crippen LogP contribution is 2.22. The second-order valence-electron chi connectivity index (χ2n) is 4.78. The van der Waals surface area contributed by atoms with Gasteiger partial charge in [-0.25, -0.2) is 0 Å². The van der Waals surface area contributed by atoms with Gasteiger partial charge in [-0.15, -0.1) is 0 Å². The summed E-state index contributed by atoms with van der Waals surface area (Å²) in [6.07, 6.45) is 0. The molecule has 17 heavy (non-hydrogen) atoms. The molecule has 0 heterocycles. The summed E-state index contributed by atoms with van der Waals surface area (Å²) >= 11 is 5.70. The molecule has 0 unspecified atom stereocenters. The Morgan fingerprint density at radius 3 is 2.59 bits per heavy atom. The molecule has 94 valence electrons. The molecule has 0 spiro atoms. The minimum absolute atomic E-state index is 0.00725. The van der Waals surface area contributed by atoms with Crippen molar-refractivity contribution in [2.24, 2.45) is 0 Å². The largest absolute Gasteiger partial charge is 0.376 e. The number of anilines is 1. The van der Waals surface area contributed by atoms with Gasteiger partial charge in [0.25, 0.3) is 0 Å². The van der Waals surface area contributed by atoms with Gasteiger partial charge in [0.2, 0.25) is 5.91 Å². The van der Waals surface area contributed by atoms with Crippen LogP contribution in [0.4, 0.5) is 5.69 Å². The molecular weight excluding hydrogens is 395 g/mol. The summed E-state index contributed by atoms with van der Waals surface area (Å²) in [5.74, 6) is -0.00725. The van der Waals surface area contributed by atoms with Gasteiger partial charge < -0.3 is 10.6 Å². The molecule has 1 rings (SSSR count). The lowest BCUT2D eigenvalue weighted by atomic mass is 10.1. The van der Waals surface area contributed by atoms with Gasteiger partial charge in [0, 0.05) is 19.3 Å². The van der Waals surface area contributed by atoms with Crippen LogP contribution in [0.2, 0.25) is 0 Å². The molecule has 5 heteroatoms. The Bertz CT molecular complexity index is 415. The minimum Gasteiger partial charge on any atom is -0.376 e. The van der Waals surface area contributed by atoms with Crippen LogP contribution in [0.15, 0.2) is 22.7 Å². The van der Waals surface area contributed by atoms with Crippen molar-refractivity contribution in [2.45, 2.75) is 26.3 Å². The molecule has 0 atom stereocenters. The van der Waals surface area contributed by atoms with Crippen molar-refractivity contribution < 1.29 is 4.79 Å². The number of hydrogen-bond donors (Lipinski definition) is 2. The zero-order chi connectivity index (χ0) is 13.1. The van der Waals surface area contributed by atoms with E-state index < -0.39 is 0 Å². The summed E-state index contributed by atoms with van der Waals surface area (Å²) in [7, 11) is 0. The Balaban J connectivity index is 2.50. The first-order chi connectivity index (χ1) is 7.78. The maximum absolute atomic E-state index is 11.6. The quantitative estimate of drug-likeness (QED) is 0.750. The summed E-state index contributed by atoms with van der Waals surface area (Å²) in [5, 5.41) is 5.99. The second-order valence-corrected chi connectivity index (χ2v) is 6.80. The van der Waals surface area contributed by atoms with E-state index >= 15 is 0 Å². The van der Waals surface area contributed by atoms with Gasteiger partial charge in [-0.1, -0.05) is 0 Å². The van der Waals surface area contributed by atoms with Crippen molar-refractivity contribution in [2.75, 3.05) is 11.9 Å². The van der Waals surface area contributed by atoms with Crippen molar-refractivity contribution in [1.82, 2.24) is 5.32 Å². The van der Waals surface area contributed by atoms with E-state index in [9.17, 15) is 4.79 Å². The first-order valence-corrected chi connectivity index (χ1v) is 7.15. The molecule has 2 N–H and O–H groups in total. The van der Waals surface area contributed by atoms with Gasteiger partial charge >= 0.3 is 0 Å². The summed E-state index contributed by atoms with van der Waals surface area (Å²) in [6.45, 7) is 6.18. The molecule has 0 radical (unpaired) electrons. The average molecular weight is 411 g/mol. The normalized spacial score (nSPS) is 11.1. The highest BCUT2D eigenvalue weighted by molar-refractivity contribution is 14.1. The van der Waals surface area contributed by atoms with E-state index in [1.807, 2.05) is 39.0 Å². The molecule has 3 nitrogen and oxygen atoms in total. The molecule has 0 aliphatic heterocycles. The van der Waals surface area contributed by atoms with Gasteiger partial charge in [0.1, 0.15) is 0 Å². The maximum Gasteiger partial charge on any atom is 0.239 e. The van der Waals surface area contributed by atoms with Crippen molar-refractivity contribution in [1.29, 1.82) is 0 Å². The topological polar surface area (TPSA) is 41.1 Å². The number of carbonyl (C=O) groups is 1. The fourth-order valence-corrected chi connectivity index (χ4v) is 1.97. The lowest BCUT2D eigenvalue weighted by molar-refractivity contribution is -0.120. The Morgan fingerprint density at radius 2 is 2.06 bits per heavy atom. The number of amides is 1. The molecule has 0 bridgehead atoms. The van der Waals surface area contributed by atoms with Crippen molar-refractivity contribution in [3.05, 3.63) is 26.2 Å². The van der Waals surface area contributed by atoms with E-state index in [0.29, 0.717) is 0 Å². The smallest absolute Gasteiger partial charge is 0.239 e. The maximum atomic E-state index is 11.6. The summed E-state index contributed by atoms with van der Waals surface area (Å²) in [6, 6.07) is 5.91. The lowest BCUT2D eigenvalue weighted by Gasteiger charge is -2.20. The molecule has 0 aromatic heterocycles. The molecule has 1 aromatic rings. The first-order valence-electron chi connectivity index (χ1n) is 5.28. The molecular formula is C12H16BrIN2O. The minimum atomic E-state index is -0.189. The van der Waals surface area contributed by atoms with Gasteiger partial charge in [-0.3, -0.25) is 4.79 Å². The zero-order valence-corrected chi connectivity index (χ0v) is 13.8. The van der Waals surface area contributed by atoms with Crippen molar-refractivity contribution >= 4 is 50.1 Å². The first kappa shape index (κ1) is 14.8. The summed E-state index contributed by atoms with van der Waals surface area (Å²) in [5.41, 5.74) is 0.743. The Hall–Kier alpha value is -0.300. The molecule has 1 aromatic carbocycles. The fraction of sp³-hybridized carbons (Fsp3) is 0.417. The number of nitrogens with one attached hydrogen (secondary N) is 2. The fourth-order valence-electron chi connectivity index (χ4n) is 1.25. The van der Waals surface area contributed by atoms with E-state index in [0.717, 1.165) is 13.7 Å².